The molecule has 0 radical (unpaired) electrons. The van der Waals surface area contributed by atoms with Crippen molar-refractivity contribution in [2.45, 2.75) is 57.4 Å². The molecule has 1 saturated heterocycles. The molecule has 192 valence electrons. The first-order valence-corrected chi connectivity index (χ1v) is 13.8. The van der Waals surface area contributed by atoms with Crippen LogP contribution < -0.4 is 15.5 Å². The highest BCUT2D eigenvalue weighted by molar-refractivity contribution is 8.03. The van der Waals surface area contributed by atoms with E-state index in [0.717, 1.165) is 31.5 Å². The minimum atomic E-state index is -0.0701. The fourth-order valence-corrected chi connectivity index (χ4v) is 5.91. The second-order valence-corrected chi connectivity index (χ2v) is 11.1. The Labute approximate surface area is 219 Å². The molecule has 2 aromatic carbocycles. The third kappa shape index (κ3) is 6.44. The summed E-state index contributed by atoms with van der Waals surface area (Å²) >= 11 is 1.70. The summed E-state index contributed by atoms with van der Waals surface area (Å²) in [6, 6.07) is 14.9. The molecule has 1 fully saturated rings. The van der Waals surface area contributed by atoms with Crippen LogP contribution in [0.5, 0.6) is 0 Å². The number of hydrogen-bond donors (Lipinski definition) is 2. The van der Waals surface area contributed by atoms with Crippen LogP contribution in [0.15, 0.2) is 53.6 Å². The minimum Gasteiger partial charge on any atom is -0.378 e. The molecule has 0 saturated carbocycles. The number of hydrogen-bond acceptors (Lipinski definition) is 5. The van der Waals surface area contributed by atoms with Crippen molar-refractivity contribution >= 4 is 29.3 Å². The standard InChI is InChI=1S/C29H38N4O2S/c1-20-8-5-9-21(2)25(20)17-23-19-36-28(31-23)18-30-27(34)13-14-29(35)33-15-7-12-26(33)22-10-6-11-24(16-22)32(3)4/h5-6,8-11,16,19,26,28,31H,7,12-15,17-18H2,1-4H3,(H,30,34). The molecule has 0 aromatic heterocycles. The van der Waals surface area contributed by atoms with Gasteiger partial charge in [-0.2, -0.15) is 0 Å². The molecule has 2 atom stereocenters. The Bertz CT molecular complexity index is 1110. The number of nitrogens with one attached hydrogen (secondary N) is 2. The van der Waals surface area contributed by atoms with Crippen LogP contribution in [-0.2, 0) is 16.0 Å². The van der Waals surface area contributed by atoms with Crippen molar-refractivity contribution in [1.29, 1.82) is 0 Å². The smallest absolute Gasteiger partial charge is 0.223 e. The lowest BCUT2D eigenvalue weighted by Crippen LogP contribution is -2.37. The van der Waals surface area contributed by atoms with E-state index >= 15 is 0 Å². The average molecular weight is 507 g/mol. The molecule has 2 aromatic rings. The lowest BCUT2D eigenvalue weighted by atomic mass is 9.99. The molecule has 2 N–H and O–H groups in total. The number of likely N-dealkylation sites (tertiary alicyclic amines) is 1. The molecule has 2 aliphatic heterocycles. The van der Waals surface area contributed by atoms with Crippen molar-refractivity contribution in [2.75, 3.05) is 32.1 Å². The molecular weight excluding hydrogens is 468 g/mol. The number of aryl methyl sites for hydroxylation is 2. The highest BCUT2D eigenvalue weighted by atomic mass is 32.2. The number of carbonyl (C=O) groups excluding carboxylic acids is 2. The van der Waals surface area contributed by atoms with Crippen molar-refractivity contribution in [3.8, 4) is 0 Å². The van der Waals surface area contributed by atoms with E-state index in [0.29, 0.717) is 6.54 Å². The van der Waals surface area contributed by atoms with Crippen LogP contribution in [-0.4, -0.2) is 49.3 Å². The first-order chi connectivity index (χ1) is 17.3. The van der Waals surface area contributed by atoms with Crippen molar-refractivity contribution < 1.29 is 9.59 Å². The molecule has 2 heterocycles. The zero-order valence-electron chi connectivity index (χ0n) is 21.8. The number of benzene rings is 2. The number of allylic oxidation sites excluding steroid dienone is 1. The van der Waals surface area contributed by atoms with E-state index in [-0.39, 0.29) is 36.1 Å². The number of thioether (sulfide) groups is 1. The summed E-state index contributed by atoms with van der Waals surface area (Å²) in [5.74, 6) is -0.00636. The SMILES string of the molecule is Cc1cccc(C)c1CC1=CSC(CNC(=O)CCC(=O)N2CCCC2c2cccc(N(C)C)c2)N1. The van der Waals surface area contributed by atoms with E-state index in [4.69, 9.17) is 0 Å². The maximum Gasteiger partial charge on any atom is 0.223 e. The normalized spacial score (nSPS) is 19.1. The van der Waals surface area contributed by atoms with E-state index in [2.05, 4.69) is 77.3 Å². The number of amides is 2. The summed E-state index contributed by atoms with van der Waals surface area (Å²) in [4.78, 5) is 29.5. The van der Waals surface area contributed by atoms with Gasteiger partial charge in [0.15, 0.2) is 0 Å². The Hall–Kier alpha value is -2.93. The third-order valence-electron chi connectivity index (χ3n) is 7.13. The first kappa shape index (κ1) is 26.1. The Morgan fingerprint density at radius 1 is 1.11 bits per heavy atom. The Kier molecular flexibility index (Phi) is 8.62. The maximum absolute atomic E-state index is 13.0. The summed E-state index contributed by atoms with van der Waals surface area (Å²) < 4.78 is 0. The number of carbonyl (C=O) groups is 2. The minimum absolute atomic E-state index is 0.0637. The zero-order valence-corrected chi connectivity index (χ0v) is 22.7. The summed E-state index contributed by atoms with van der Waals surface area (Å²) in [6.07, 6.45) is 3.31. The van der Waals surface area contributed by atoms with Gasteiger partial charge in [-0.25, -0.2) is 0 Å². The van der Waals surface area contributed by atoms with E-state index in [1.54, 1.807) is 11.8 Å². The fraction of sp³-hybridized carbons (Fsp3) is 0.448. The van der Waals surface area contributed by atoms with Crippen LogP contribution in [0.25, 0.3) is 0 Å². The molecule has 2 amide bonds. The van der Waals surface area contributed by atoms with Gasteiger partial charge in [0.1, 0.15) is 0 Å². The number of nitrogens with zero attached hydrogens (tertiary/aromatic N) is 2. The summed E-state index contributed by atoms with van der Waals surface area (Å²) in [6.45, 7) is 5.59. The Balaban J connectivity index is 1.21. The van der Waals surface area contributed by atoms with E-state index < -0.39 is 0 Å². The van der Waals surface area contributed by atoms with Gasteiger partial charge in [0.25, 0.3) is 0 Å². The molecule has 2 unspecified atom stereocenters. The summed E-state index contributed by atoms with van der Waals surface area (Å²) in [5, 5.41) is 8.81. The van der Waals surface area contributed by atoms with E-state index in [1.165, 1.54) is 28.0 Å². The topological polar surface area (TPSA) is 64.7 Å². The Morgan fingerprint density at radius 3 is 2.61 bits per heavy atom. The molecule has 4 rings (SSSR count). The molecule has 6 nitrogen and oxygen atoms in total. The molecule has 2 aliphatic rings. The van der Waals surface area contributed by atoms with Crippen molar-refractivity contribution in [3.63, 3.8) is 0 Å². The van der Waals surface area contributed by atoms with E-state index in [1.807, 2.05) is 19.0 Å². The van der Waals surface area contributed by atoms with Gasteiger partial charge in [0, 0.05) is 57.8 Å². The van der Waals surface area contributed by atoms with Crippen LogP contribution in [0, 0.1) is 13.8 Å². The van der Waals surface area contributed by atoms with Gasteiger partial charge >= 0.3 is 0 Å². The summed E-state index contributed by atoms with van der Waals surface area (Å²) in [7, 11) is 4.05. The molecule has 7 heteroatoms. The van der Waals surface area contributed by atoms with Crippen LogP contribution in [0.2, 0.25) is 0 Å². The van der Waals surface area contributed by atoms with Gasteiger partial charge in [-0.3, -0.25) is 9.59 Å². The van der Waals surface area contributed by atoms with Gasteiger partial charge in [-0.15, -0.1) is 11.8 Å². The maximum atomic E-state index is 13.0. The molecule has 0 bridgehead atoms. The van der Waals surface area contributed by atoms with Crippen LogP contribution >= 0.6 is 11.8 Å². The lowest BCUT2D eigenvalue weighted by Gasteiger charge is -2.26. The second-order valence-electron chi connectivity index (χ2n) is 10.00. The fourth-order valence-electron chi connectivity index (χ4n) is 5.03. The number of anilines is 1. The average Bonchev–Trinajstić information content (AvgIpc) is 3.53. The largest absolute Gasteiger partial charge is 0.378 e. The third-order valence-corrected chi connectivity index (χ3v) is 8.16. The van der Waals surface area contributed by atoms with Crippen molar-refractivity contribution in [2.24, 2.45) is 0 Å². The molecule has 0 spiro atoms. The van der Waals surface area contributed by atoms with Gasteiger partial charge in [0.05, 0.1) is 11.4 Å². The van der Waals surface area contributed by atoms with Gasteiger partial charge in [-0.1, -0.05) is 30.3 Å². The predicted octanol–water partition coefficient (Wildman–Crippen LogP) is 4.68. The lowest BCUT2D eigenvalue weighted by molar-refractivity contribution is -0.134. The quantitative estimate of drug-likeness (QED) is 0.517. The van der Waals surface area contributed by atoms with Crippen LogP contribution in [0.1, 0.15) is 54.0 Å². The Morgan fingerprint density at radius 2 is 1.86 bits per heavy atom. The van der Waals surface area contributed by atoms with Crippen molar-refractivity contribution in [1.82, 2.24) is 15.5 Å². The molecule has 36 heavy (non-hydrogen) atoms. The second kappa shape index (κ2) is 11.9. The number of rotatable bonds is 9. The van der Waals surface area contributed by atoms with Crippen molar-refractivity contribution in [3.05, 3.63) is 75.8 Å². The zero-order chi connectivity index (χ0) is 25.7. The highest BCUT2D eigenvalue weighted by Gasteiger charge is 2.30. The van der Waals surface area contributed by atoms with Gasteiger partial charge in [0.2, 0.25) is 11.8 Å². The van der Waals surface area contributed by atoms with Crippen LogP contribution in [0.3, 0.4) is 0 Å². The molecular formula is C29H38N4O2S. The van der Waals surface area contributed by atoms with Gasteiger partial charge < -0.3 is 20.4 Å². The predicted molar refractivity (Wildman–Crippen MR) is 149 cm³/mol. The summed E-state index contributed by atoms with van der Waals surface area (Å²) in [5.41, 5.74) is 7.45. The van der Waals surface area contributed by atoms with Gasteiger partial charge in [-0.05, 0) is 66.5 Å². The molecule has 0 aliphatic carbocycles. The van der Waals surface area contributed by atoms with Crippen LogP contribution in [0.4, 0.5) is 5.69 Å². The van der Waals surface area contributed by atoms with E-state index in [9.17, 15) is 9.59 Å². The highest BCUT2D eigenvalue weighted by Crippen LogP contribution is 2.34. The first-order valence-electron chi connectivity index (χ1n) is 12.8. The monoisotopic (exact) mass is 506 g/mol.